The Bertz CT molecular complexity index is 1040. The lowest BCUT2D eigenvalue weighted by Crippen LogP contribution is -2.35. The van der Waals surface area contributed by atoms with Gasteiger partial charge in [-0.2, -0.15) is 0 Å². The molecule has 3 aromatic rings. The number of carbonyl (C=O) groups excluding carboxylic acids is 1. The van der Waals surface area contributed by atoms with Gasteiger partial charge in [0.25, 0.3) is 0 Å². The van der Waals surface area contributed by atoms with Crippen LogP contribution in [0.1, 0.15) is 16.4 Å². The summed E-state index contributed by atoms with van der Waals surface area (Å²) >= 11 is 0. The van der Waals surface area contributed by atoms with Crippen molar-refractivity contribution >= 4 is 28.5 Å². The highest BCUT2D eigenvalue weighted by atomic mass is 16.6. The van der Waals surface area contributed by atoms with E-state index >= 15 is 0 Å². The largest absolute Gasteiger partial charge is 0.447 e. The molecule has 0 radical (unpaired) electrons. The van der Waals surface area contributed by atoms with Gasteiger partial charge in [-0.1, -0.05) is 18.2 Å². The van der Waals surface area contributed by atoms with Crippen LogP contribution in [0.5, 0.6) is 0 Å². The lowest BCUT2D eigenvalue weighted by molar-refractivity contribution is 0.0741. The number of ether oxygens (including phenoxy) is 2. The molecule has 0 aliphatic carbocycles. The Balaban J connectivity index is 0.00000171. The molecule has 3 N–H and O–H groups in total. The molecule has 2 aromatic heterocycles. The van der Waals surface area contributed by atoms with Crippen molar-refractivity contribution in [1.82, 2.24) is 24.8 Å². The van der Waals surface area contributed by atoms with Crippen molar-refractivity contribution in [3.8, 4) is 11.5 Å². The monoisotopic (exact) mass is 400 g/mol. The van der Waals surface area contributed by atoms with Crippen LogP contribution in [0.3, 0.4) is 0 Å². The number of imidazole rings is 1. The molecule has 3 heterocycles. The SMILES string of the molecule is COCCOC(=O)N1CC=C(c2cnc(N)c(-c3nc4ccccc4[nH]3)n2)CC1.[HH].[HH].[HH]. The molecule has 0 spiro atoms. The average Bonchev–Trinajstić information content (AvgIpc) is 3.18. The molecule has 9 heteroatoms. The zero-order chi connectivity index (χ0) is 20.2. The molecule has 156 valence electrons. The molecule has 1 amide bonds. The van der Waals surface area contributed by atoms with Crippen molar-refractivity contribution in [3.63, 3.8) is 0 Å². The smallest absolute Gasteiger partial charge is 0.410 e. The zero-order valence-corrected chi connectivity index (χ0v) is 16.1. The number of nitrogens with one attached hydrogen (secondary N) is 1. The molecule has 1 aromatic carbocycles. The van der Waals surface area contributed by atoms with Gasteiger partial charge >= 0.3 is 6.09 Å². The van der Waals surface area contributed by atoms with E-state index in [-0.39, 0.29) is 17.0 Å². The number of aromatic amines is 1. The van der Waals surface area contributed by atoms with Gasteiger partial charge in [0.1, 0.15) is 12.3 Å². The number of methoxy groups -OCH3 is 1. The topological polar surface area (TPSA) is 119 Å². The quantitative estimate of drug-likeness (QED) is 0.631. The number of anilines is 1. The normalized spacial score (nSPS) is 14.1. The highest BCUT2D eigenvalue weighted by molar-refractivity contribution is 5.81. The second kappa shape index (κ2) is 8.27. The molecule has 0 unspecified atom stereocenters. The van der Waals surface area contributed by atoms with E-state index in [0.717, 1.165) is 22.3 Å². The van der Waals surface area contributed by atoms with Gasteiger partial charge in [0.2, 0.25) is 0 Å². The predicted molar refractivity (Wildman–Crippen MR) is 115 cm³/mol. The first-order chi connectivity index (χ1) is 14.2. The van der Waals surface area contributed by atoms with Gasteiger partial charge < -0.3 is 25.1 Å². The summed E-state index contributed by atoms with van der Waals surface area (Å²) in [4.78, 5) is 30.5. The number of nitrogen functional groups attached to an aromatic ring is 1. The molecule has 29 heavy (non-hydrogen) atoms. The maximum Gasteiger partial charge on any atom is 0.410 e. The minimum absolute atomic E-state index is 0. The van der Waals surface area contributed by atoms with E-state index in [1.54, 1.807) is 18.2 Å². The Morgan fingerprint density at radius 3 is 2.93 bits per heavy atom. The van der Waals surface area contributed by atoms with Crippen molar-refractivity contribution in [1.29, 1.82) is 0 Å². The minimum Gasteiger partial charge on any atom is -0.447 e. The summed E-state index contributed by atoms with van der Waals surface area (Å²) in [5.41, 5.74) is 10.1. The van der Waals surface area contributed by atoms with E-state index < -0.39 is 0 Å². The van der Waals surface area contributed by atoms with Crippen molar-refractivity contribution in [3.05, 3.63) is 42.2 Å². The number of rotatable bonds is 5. The van der Waals surface area contributed by atoms with Crippen LogP contribution in [0.25, 0.3) is 28.1 Å². The van der Waals surface area contributed by atoms with Gasteiger partial charge in [-0.3, -0.25) is 0 Å². The average molecular weight is 400 g/mol. The second-order valence-electron chi connectivity index (χ2n) is 6.62. The van der Waals surface area contributed by atoms with Gasteiger partial charge in [-0.05, 0) is 24.1 Å². The molecule has 0 fully saturated rings. The lowest BCUT2D eigenvalue weighted by Gasteiger charge is -2.25. The summed E-state index contributed by atoms with van der Waals surface area (Å²) in [6, 6.07) is 7.74. The number of carbonyl (C=O) groups is 1. The lowest BCUT2D eigenvalue weighted by atomic mass is 10.1. The Hall–Kier alpha value is -3.46. The van der Waals surface area contributed by atoms with Crippen LogP contribution in [0.15, 0.2) is 36.5 Å². The Morgan fingerprint density at radius 2 is 2.17 bits per heavy atom. The molecular weight excluding hydrogens is 372 g/mol. The molecule has 0 saturated carbocycles. The number of aromatic nitrogens is 4. The summed E-state index contributed by atoms with van der Waals surface area (Å²) in [5.74, 6) is 0.894. The Labute approximate surface area is 172 Å². The number of benzene rings is 1. The number of H-pyrrole nitrogens is 1. The third-order valence-electron chi connectivity index (χ3n) is 4.72. The molecule has 4 rings (SSSR count). The van der Waals surface area contributed by atoms with Gasteiger partial charge in [0, 0.05) is 24.5 Å². The maximum atomic E-state index is 12.0. The highest BCUT2D eigenvalue weighted by Crippen LogP contribution is 2.26. The number of fused-ring (bicyclic) bond motifs is 1. The number of para-hydroxylation sites is 2. The summed E-state index contributed by atoms with van der Waals surface area (Å²) in [7, 11) is 1.57. The number of hydrogen-bond acceptors (Lipinski definition) is 7. The third kappa shape index (κ3) is 4.04. The summed E-state index contributed by atoms with van der Waals surface area (Å²) in [5, 5.41) is 0. The summed E-state index contributed by atoms with van der Waals surface area (Å²) in [6.45, 7) is 1.62. The van der Waals surface area contributed by atoms with Crippen molar-refractivity contribution in [2.75, 3.05) is 39.1 Å². The first-order valence-electron chi connectivity index (χ1n) is 9.33. The number of hydrogen-bond donors (Lipinski definition) is 2. The standard InChI is InChI=1S/C20H22N6O3.3H2/c1-28-10-11-29-20(27)26-8-6-13(7-9-26)16-12-22-18(21)17(23-16)19-24-14-4-2-3-5-15(14)25-19;;;/h2-6,12H,7-11H2,1H3,(H2,21,22)(H,24,25);3*1H. The van der Waals surface area contributed by atoms with Gasteiger partial charge in [-0.25, -0.2) is 19.7 Å². The predicted octanol–water partition coefficient (Wildman–Crippen LogP) is 3.21. The molecule has 0 saturated heterocycles. The van der Waals surface area contributed by atoms with Crippen LogP contribution < -0.4 is 5.73 Å². The second-order valence-corrected chi connectivity index (χ2v) is 6.62. The van der Waals surface area contributed by atoms with Crippen molar-refractivity contribution < 1.29 is 18.5 Å². The molecule has 1 aliphatic rings. The maximum absolute atomic E-state index is 12.0. The Morgan fingerprint density at radius 1 is 1.31 bits per heavy atom. The highest BCUT2D eigenvalue weighted by Gasteiger charge is 2.21. The summed E-state index contributed by atoms with van der Waals surface area (Å²) in [6.07, 6.45) is 3.92. The van der Waals surface area contributed by atoms with Crippen LogP contribution in [-0.4, -0.2) is 64.3 Å². The van der Waals surface area contributed by atoms with Gasteiger partial charge in [-0.15, -0.1) is 0 Å². The zero-order valence-electron chi connectivity index (χ0n) is 16.1. The van der Waals surface area contributed by atoms with Gasteiger partial charge in [0.05, 0.1) is 29.5 Å². The molecule has 1 aliphatic heterocycles. The van der Waals surface area contributed by atoms with Crippen LogP contribution >= 0.6 is 0 Å². The van der Waals surface area contributed by atoms with Crippen molar-refractivity contribution in [2.24, 2.45) is 0 Å². The fourth-order valence-corrected chi connectivity index (χ4v) is 3.16. The van der Waals surface area contributed by atoms with Crippen LogP contribution in [0.2, 0.25) is 0 Å². The van der Waals surface area contributed by atoms with E-state index in [2.05, 4.69) is 15.0 Å². The van der Waals surface area contributed by atoms with E-state index in [0.29, 0.717) is 43.5 Å². The Kier molecular flexibility index (Phi) is 5.39. The number of nitrogens with zero attached hydrogens (tertiary/aromatic N) is 4. The molecule has 9 nitrogen and oxygen atoms in total. The first-order valence-corrected chi connectivity index (χ1v) is 9.33. The van der Waals surface area contributed by atoms with E-state index in [1.165, 1.54) is 0 Å². The van der Waals surface area contributed by atoms with Gasteiger partial charge in [0.15, 0.2) is 11.6 Å². The third-order valence-corrected chi connectivity index (χ3v) is 4.72. The fourth-order valence-electron chi connectivity index (χ4n) is 3.16. The fraction of sp³-hybridized carbons (Fsp3) is 0.300. The summed E-state index contributed by atoms with van der Waals surface area (Å²) < 4.78 is 10.1. The molecule has 0 bridgehead atoms. The van der Waals surface area contributed by atoms with Crippen molar-refractivity contribution in [2.45, 2.75) is 6.42 Å². The van der Waals surface area contributed by atoms with E-state index in [9.17, 15) is 4.79 Å². The van der Waals surface area contributed by atoms with E-state index in [1.807, 2.05) is 30.3 Å². The number of amides is 1. The molecular formula is C20H28N6O3. The minimum atomic E-state index is -0.344. The first kappa shape index (κ1) is 18.9. The van der Waals surface area contributed by atoms with Crippen LogP contribution in [0.4, 0.5) is 10.6 Å². The number of nitrogens with two attached hydrogens (primary N) is 1. The van der Waals surface area contributed by atoms with Crippen LogP contribution in [0, 0.1) is 0 Å². The molecule has 0 atom stereocenters. The van der Waals surface area contributed by atoms with Crippen LogP contribution in [-0.2, 0) is 9.47 Å². The van der Waals surface area contributed by atoms with E-state index in [4.69, 9.17) is 20.2 Å².